The summed E-state index contributed by atoms with van der Waals surface area (Å²) in [6.45, 7) is 3.87. The fraction of sp³-hybridized carbons (Fsp3) is 0.400. The van der Waals surface area contributed by atoms with Crippen molar-refractivity contribution < 1.29 is 5.11 Å². The highest BCUT2D eigenvalue weighted by Gasteiger charge is 2.12. The van der Waals surface area contributed by atoms with E-state index in [1.54, 1.807) is 6.20 Å². The number of imidazole rings is 1. The van der Waals surface area contributed by atoms with Crippen LogP contribution in [-0.2, 0) is 6.61 Å². The van der Waals surface area contributed by atoms with Crippen molar-refractivity contribution in [2.75, 3.05) is 0 Å². The van der Waals surface area contributed by atoms with Crippen LogP contribution in [0.3, 0.4) is 0 Å². The summed E-state index contributed by atoms with van der Waals surface area (Å²) in [6.07, 6.45) is 1.68. The van der Waals surface area contributed by atoms with E-state index in [4.69, 9.17) is 5.11 Å². The SMILES string of the molecule is CC(C)c1c[nH]c(=O)c2[nH]c(CO)nc12. The molecule has 0 atom stereocenters. The minimum Gasteiger partial charge on any atom is -0.388 e. The van der Waals surface area contributed by atoms with Crippen molar-refractivity contribution in [3.63, 3.8) is 0 Å². The summed E-state index contributed by atoms with van der Waals surface area (Å²) in [5.74, 6) is 0.697. The Morgan fingerprint density at radius 3 is 2.87 bits per heavy atom. The standard InChI is InChI=1S/C10H13N3O2/c1-5(2)6-3-11-10(15)9-8(6)12-7(4-14)13-9/h3,5,14H,4H2,1-2H3,(H,11,15)(H,12,13). The number of rotatable bonds is 2. The van der Waals surface area contributed by atoms with E-state index in [9.17, 15) is 4.79 Å². The van der Waals surface area contributed by atoms with Crippen LogP contribution < -0.4 is 5.56 Å². The topological polar surface area (TPSA) is 81.8 Å². The molecular formula is C10H13N3O2. The molecule has 80 valence electrons. The average Bonchev–Trinajstić information content (AvgIpc) is 2.62. The van der Waals surface area contributed by atoms with Crippen LogP contribution in [0.15, 0.2) is 11.0 Å². The molecule has 0 aromatic carbocycles. The van der Waals surface area contributed by atoms with Crippen LogP contribution in [-0.4, -0.2) is 20.1 Å². The first-order valence-electron chi connectivity index (χ1n) is 4.84. The van der Waals surface area contributed by atoms with Gasteiger partial charge in [-0.2, -0.15) is 0 Å². The molecule has 0 saturated heterocycles. The number of H-pyrrole nitrogens is 2. The molecule has 2 rings (SSSR count). The van der Waals surface area contributed by atoms with Crippen molar-refractivity contribution in [2.24, 2.45) is 0 Å². The number of nitrogens with zero attached hydrogens (tertiary/aromatic N) is 1. The van der Waals surface area contributed by atoms with E-state index in [1.165, 1.54) is 0 Å². The van der Waals surface area contributed by atoms with Gasteiger partial charge in [-0.3, -0.25) is 4.79 Å². The van der Waals surface area contributed by atoms with E-state index in [1.807, 2.05) is 13.8 Å². The van der Waals surface area contributed by atoms with Gasteiger partial charge in [-0.1, -0.05) is 13.8 Å². The smallest absolute Gasteiger partial charge is 0.273 e. The van der Waals surface area contributed by atoms with Crippen molar-refractivity contribution in [1.29, 1.82) is 0 Å². The van der Waals surface area contributed by atoms with Crippen LogP contribution in [0, 0.1) is 0 Å². The molecule has 15 heavy (non-hydrogen) atoms. The molecule has 2 aromatic rings. The van der Waals surface area contributed by atoms with E-state index in [0.717, 1.165) is 5.56 Å². The second-order valence-electron chi connectivity index (χ2n) is 3.79. The quantitative estimate of drug-likeness (QED) is 0.683. The summed E-state index contributed by atoms with van der Waals surface area (Å²) in [7, 11) is 0. The van der Waals surface area contributed by atoms with Crippen LogP contribution in [0.4, 0.5) is 0 Å². The fourth-order valence-electron chi connectivity index (χ4n) is 1.59. The zero-order chi connectivity index (χ0) is 11.0. The van der Waals surface area contributed by atoms with Gasteiger partial charge < -0.3 is 15.1 Å². The molecule has 0 radical (unpaired) electrons. The molecule has 0 amide bonds. The fourth-order valence-corrected chi connectivity index (χ4v) is 1.59. The van der Waals surface area contributed by atoms with Gasteiger partial charge in [-0.05, 0) is 11.5 Å². The third-order valence-electron chi connectivity index (χ3n) is 2.38. The number of aliphatic hydroxyl groups excluding tert-OH is 1. The summed E-state index contributed by atoms with van der Waals surface area (Å²) in [4.78, 5) is 21.1. The van der Waals surface area contributed by atoms with Crippen LogP contribution in [0.25, 0.3) is 11.0 Å². The first-order chi connectivity index (χ1) is 7.13. The third kappa shape index (κ3) is 1.55. The highest BCUT2D eigenvalue weighted by Crippen LogP contribution is 2.20. The maximum absolute atomic E-state index is 11.5. The lowest BCUT2D eigenvalue weighted by atomic mass is 10.0. The molecule has 5 nitrogen and oxygen atoms in total. The Kier molecular flexibility index (Phi) is 2.32. The van der Waals surface area contributed by atoms with Gasteiger partial charge in [0.15, 0.2) is 0 Å². The van der Waals surface area contributed by atoms with Gasteiger partial charge in [0.2, 0.25) is 0 Å². The van der Waals surface area contributed by atoms with Crippen LogP contribution in [0.1, 0.15) is 31.2 Å². The lowest BCUT2D eigenvalue weighted by Crippen LogP contribution is -2.07. The molecule has 2 aromatic heterocycles. The molecular weight excluding hydrogens is 194 g/mol. The summed E-state index contributed by atoms with van der Waals surface area (Å²) in [5, 5.41) is 8.95. The Labute approximate surface area is 86.2 Å². The van der Waals surface area contributed by atoms with E-state index < -0.39 is 0 Å². The molecule has 0 unspecified atom stereocenters. The molecule has 0 saturated carbocycles. The highest BCUT2D eigenvalue weighted by molar-refractivity contribution is 5.77. The molecule has 0 spiro atoms. The second kappa shape index (κ2) is 3.51. The zero-order valence-corrected chi connectivity index (χ0v) is 8.66. The van der Waals surface area contributed by atoms with Gasteiger partial charge >= 0.3 is 0 Å². The Morgan fingerprint density at radius 1 is 1.53 bits per heavy atom. The highest BCUT2D eigenvalue weighted by atomic mass is 16.3. The predicted molar refractivity (Wildman–Crippen MR) is 56.7 cm³/mol. The predicted octanol–water partition coefficient (Wildman–Crippen LogP) is 0.867. The van der Waals surface area contributed by atoms with Crippen molar-refractivity contribution in [3.8, 4) is 0 Å². The van der Waals surface area contributed by atoms with E-state index >= 15 is 0 Å². The molecule has 0 bridgehead atoms. The largest absolute Gasteiger partial charge is 0.388 e. The minimum absolute atomic E-state index is 0.189. The molecule has 0 fully saturated rings. The Bertz CT molecular complexity index is 539. The summed E-state index contributed by atoms with van der Waals surface area (Å²) in [5.41, 5.74) is 1.85. The number of aliphatic hydroxyl groups is 1. The van der Waals surface area contributed by atoms with Gasteiger partial charge in [0.25, 0.3) is 5.56 Å². The van der Waals surface area contributed by atoms with Crippen molar-refractivity contribution in [1.82, 2.24) is 15.0 Å². The van der Waals surface area contributed by atoms with Gasteiger partial charge in [0.1, 0.15) is 17.9 Å². The Hall–Kier alpha value is -1.62. The average molecular weight is 207 g/mol. The van der Waals surface area contributed by atoms with Crippen molar-refractivity contribution in [2.45, 2.75) is 26.4 Å². The van der Waals surface area contributed by atoms with E-state index in [-0.39, 0.29) is 18.1 Å². The molecule has 3 N–H and O–H groups in total. The minimum atomic E-state index is -0.207. The number of hydrogen-bond donors (Lipinski definition) is 3. The number of hydrogen-bond acceptors (Lipinski definition) is 3. The Balaban J connectivity index is 2.80. The lowest BCUT2D eigenvalue weighted by molar-refractivity contribution is 0.273. The van der Waals surface area contributed by atoms with Crippen LogP contribution >= 0.6 is 0 Å². The summed E-state index contributed by atoms with van der Waals surface area (Å²) >= 11 is 0. The van der Waals surface area contributed by atoms with Crippen LogP contribution in [0.2, 0.25) is 0 Å². The monoisotopic (exact) mass is 207 g/mol. The molecule has 2 heterocycles. The van der Waals surface area contributed by atoms with Gasteiger partial charge in [-0.25, -0.2) is 4.98 Å². The number of aromatic nitrogens is 3. The van der Waals surface area contributed by atoms with E-state index in [2.05, 4.69) is 15.0 Å². The van der Waals surface area contributed by atoms with Crippen molar-refractivity contribution in [3.05, 3.63) is 27.9 Å². The first kappa shape index (κ1) is 9.92. The summed E-state index contributed by atoms with van der Waals surface area (Å²) in [6, 6.07) is 0. The second-order valence-corrected chi connectivity index (χ2v) is 3.79. The third-order valence-corrected chi connectivity index (χ3v) is 2.38. The maximum Gasteiger partial charge on any atom is 0.273 e. The molecule has 5 heteroatoms. The number of nitrogens with one attached hydrogen (secondary N) is 2. The first-order valence-corrected chi connectivity index (χ1v) is 4.84. The normalized spacial score (nSPS) is 11.5. The molecule has 0 aliphatic carbocycles. The maximum atomic E-state index is 11.5. The van der Waals surface area contributed by atoms with Gasteiger partial charge in [-0.15, -0.1) is 0 Å². The van der Waals surface area contributed by atoms with Crippen molar-refractivity contribution >= 4 is 11.0 Å². The number of pyridine rings is 1. The lowest BCUT2D eigenvalue weighted by Gasteiger charge is -2.04. The van der Waals surface area contributed by atoms with E-state index in [0.29, 0.717) is 16.9 Å². The molecule has 0 aliphatic rings. The van der Waals surface area contributed by atoms with Crippen LogP contribution in [0.5, 0.6) is 0 Å². The zero-order valence-electron chi connectivity index (χ0n) is 8.66. The molecule has 0 aliphatic heterocycles. The summed E-state index contributed by atoms with van der Waals surface area (Å²) < 4.78 is 0. The van der Waals surface area contributed by atoms with Gasteiger partial charge in [0, 0.05) is 6.20 Å². The number of aromatic amines is 2. The van der Waals surface area contributed by atoms with Gasteiger partial charge in [0.05, 0.1) is 5.52 Å². The number of fused-ring (bicyclic) bond motifs is 1. The Morgan fingerprint density at radius 2 is 2.27 bits per heavy atom.